The summed E-state index contributed by atoms with van der Waals surface area (Å²) in [5.74, 6) is -1.30. The molecule has 3 aromatic rings. The highest BCUT2D eigenvalue weighted by atomic mass is 19.1. The van der Waals surface area contributed by atoms with Gasteiger partial charge in [0, 0.05) is 57.2 Å². The SMILES string of the molecule is COCCN1CCC(CN(C(=O)O)c2cccc(Cc3nn(-c4cc(F)cc(F)c4)ccc3=O)c2)C1. The Bertz CT molecular complexity index is 1260. The smallest absolute Gasteiger partial charge is 0.411 e. The molecular weight excluding hydrogens is 470 g/mol. The zero-order chi connectivity index (χ0) is 25.7. The van der Waals surface area contributed by atoms with Crippen molar-refractivity contribution in [1.29, 1.82) is 0 Å². The van der Waals surface area contributed by atoms with Crippen molar-refractivity contribution in [2.75, 3.05) is 44.8 Å². The van der Waals surface area contributed by atoms with Gasteiger partial charge in [-0.25, -0.2) is 18.3 Å². The predicted octanol–water partition coefficient (Wildman–Crippen LogP) is 3.55. The molecule has 1 fully saturated rings. The van der Waals surface area contributed by atoms with E-state index in [-0.39, 0.29) is 29.1 Å². The molecule has 0 radical (unpaired) electrons. The van der Waals surface area contributed by atoms with Crippen LogP contribution in [0.1, 0.15) is 17.7 Å². The van der Waals surface area contributed by atoms with Gasteiger partial charge in [0.2, 0.25) is 5.43 Å². The van der Waals surface area contributed by atoms with Crippen LogP contribution in [0.5, 0.6) is 0 Å². The number of benzene rings is 2. The van der Waals surface area contributed by atoms with E-state index >= 15 is 0 Å². The summed E-state index contributed by atoms with van der Waals surface area (Å²) in [5.41, 5.74) is 1.20. The number of hydrogen-bond acceptors (Lipinski definition) is 5. The molecule has 2 heterocycles. The fourth-order valence-corrected chi connectivity index (χ4v) is 4.45. The van der Waals surface area contributed by atoms with Gasteiger partial charge >= 0.3 is 6.09 Å². The molecule has 0 saturated carbocycles. The van der Waals surface area contributed by atoms with Gasteiger partial charge in [-0.2, -0.15) is 5.10 Å². The van der Waals surface area contributed by atoms with Crippen molar-refractivity contribution in [3.05, 3.63) is 87.8 Å². The Labute approximate surface area is 207 Å². The maximum atomic E-state index is 13.6. The lowest BCUT2D eigenvalue weighted by molar-refractivity contribution is 0.159. The summed E-state index contributed by atoms with van der Waals surface area (Å²) < 4.78 is 33.7. The van der Waals surface area contributed by atoms with E-state index in [1.807, 2.05) is 0 Å². The molecule has 36 heavy (non-hydrogen) atoms. The minimum Gasteiger partial charge on any atom is -0.465 e. The van der Waals surface area contributed by atoms with Crippen molar-refractivity contribution in [1.82, 2.24) is 14.7 Å². The molecule has 2 aromatic carbocycles. The highest BCUT2D eigenvalue weighted by molar-refractivity contribution is 5.86. The summed E-state index contributed by atoms with van der Waals surface area (Å²) in [4.78, 5) is 28.1. The third-order valence-electron chi connectivity index (χ3n) is 6.24. The van der Waals surface area contributed by atoms with Crippen LogP contribution in [-0.4, -0.2) is 65.8 Å². The van der Waals surface area contributed by atoms with Crippen LogP contribution in [0.15, 0.2) is 59.5 Å². The fraction of sp³-hybridized carbons (Fsp3) is 0.346. The number of halogens is 2. The van der Waals surface area contributed by atoms with Crippen molar-refractivity contribution >= 4 is 11.8 Å². The summed E-state index contributed by atoms with van der Waals surface area (Å²) in [6.07, 6.45) is 1.34. The van der Waals surface area contributed by atoms with Gasteiger partial charge in [-0.1, -0.05) is 12.1 Å². The number of carbonyl (C=O) groups is 1. The zero-order valence-corrected chi connectivity index (χ0v) is 19.9. The summed E-state index contributed by atoms with van der Waals surface area (Å²) >= 11 is 0. The largest absolute Gasteiger partial charge is 0.465 e. The number of anilines is 1. The summed E-state index contributed by atoms with van der Waals surface area (Å²) in [5, 5.41) is 14.2. The molecule has 1 aliphatic heterocycles. The molecule has 10 heteroatoms. The number of hydrogen-bond donors (Lipinski definition) is 1. The van der Waals surface area contributed by atoms with Crippen LogP contribution < -0.4 is 10.3 Å². The van der Waals surface area contributed by atoms with Crippen LogP contribution in [0, 0.1) is 17.6 Å². The summed E-state index contributed by atoms with van der Waals surface area (Å²) in [7, 11) is 1.66. The average molecular weight is 499 g/mol. The Hall–Kier alpha value is -3.63. The molecule has 1 aliphatic rings. The second-order valence-electron chi connectivity index (χ2n) is 8.89. The Balaban J connectivity index is 1.52. The number of ether oxygens (including phenoxy) is 1. The molecule has 0 aliphatic carbocycles. The van der Waals surface area contributed by atoms with Gasteiger partial charge in [-0.15, -0.1) is 0 Å². The Kier molecular flexibility index (Phi) is 8.07. The third-order valence-corrected chi connectivity index (χ3v) is 6.24. The van der Waals surface area contributed by atoms with E-state index < -0.39 is 17.7 Å². The van der Waals surface area contributed by atoms with Gasteiger partial charge in [-0.3, -0.25) is 9.69 Å². The van der Waals surface area contributed by atoms with Crippen LogP contribution in [0.25, 0.3) is 5.69 Å². The van der Waals surface area contributed by atoms with Crippen LogP contribution in [-0.2, 0) is 11.2 Å². The quantitative estimate of drug-likeness (QED) is 0.486. The molecule has 190 valence electrons. The molecule has 0 spiro atoms. The van der Waals surface area contributed by atoms with Gasteiger partial charge in [0.25, 0.3) is 0 Å². The molecule has 1 N–H and O–H groups in total. The number of aromatic nitrogens is 2. The molecule has 1 atom stereocenters. The van der Waals surface area contributed by atoms with E-state index in [1.165, 1.54) is 21.8 Å². The lowest BCUT2D eigenvalue weighted by Crippen LogP contribution is -2.35. The van der Waals surface area contributed by atoms with E-state index in [1.54, 1.807) is 31.4 Å². The monoisotopic (exact) mass is 498 g/mol. The third kappa shape index (κ3) is 6.32. The summed E-state index contributed by atoms with van der Waals surface area (Å²) in [6, 6.07) is 11.3. The van der Waals surface area contributed by atoms with Crippen molar-refractivity contribution < 1.29 is 23.4 Å². The fourth-order valence-electron chi connectivity index (χ4n) is 4.45. The average Bonchev–Trinajstić information content (AvgIpc) is 3.29. The van der Waals surface area contributed by atoms with Crippen LogP contribution in [0.2, 0.25) is 0 Å². The maximum Gasteiger partial charge on any atom is 0.411 e. The molecule has 0 bridgehead atoms. The topological polar surface area (TPSA) is 87.9 Å². The Morgan fingerprint density at radius 3 is 2.69 bits per heavy atom. The highest BCUT2D eigenvalue weighted by Crippen LogP contribution is 2.23. The minimum atomic E-state index is -1.05. The van der Waals surface area contributed by atoms with Gasteiger partial charge in [0.05, 0.1) is 12.3 Å². The van der Waals surface area contributed by atoms with Crippen molar-refractivity contribution in [2.24, 2.45) is 5.92 Å². The molecule has 1 unspecified atom stereocenters. The van der Waals surface area contributed by atoms with Gasteiger partial charge < -0.3 is 14.7 Å². The second-order valence-corrected chi connectivity index (χ2v) is 8.89. The van der Waals surface area contributed by atoms with E-state index in [4.69, 9.17) is 4.74 Å². The van der Waals surface area contributed by atoms with E-state index in [0.717, 1.165) is 44.3 Å². The van der Waals surface area contributed by atoms with Crippen LogP contribution in [0.4, 0.5) is 19.3 Å². The van der Waals surface area contributed by atoms with Gasteiger partial charge in [0.15, 0.2) is 0 Å². The number of nitrogens with zero attached hydrogens (tertiary/aromatic N) is 4. The van der Waals surface area contributed by atoms with Crippen LogP contribution in [0.3, 0.4) is 0 Å². The predicted molar refractivity (Wildman–Crippen MR) is 131 cm³/mol. The standard InChI is InChI=1S/C26H28F2N4O4/c1-36-10-9-30-7-5-19(16-30)17-31(26(34)35)22-4-2-3-18(11-22)12-24-25(33)6-8-32(29-24)23-14-20(27)13-21(28)15-23/h2-4,6,8,11,13-15,19H,5,7,9-10,12,16-17H2,1H3,(H,34,35). The number of amides is 1. The number of methoxy groups -OCH3 is 1. The number of likely N-dealkylation sites (tertiary alicyclic amines) is 1. The van der Waals surface area contributed by atoms with Crippen LogP contribution >= 0.6 is 0 Å². The van der Waals surface area contributed by atoms with E-state index in [9.17, 15) is 23.5 Å². The summed E-state index contributed by atoms with van der Waals surface area (Å²) in [6.45, 7) is 3.54. The zero-order valence-electron chi connectivity index (χ0n) is 19.9. The van der Waals surface area contributed by atoms with Gasteiger partial charge in [0.1, 0.15) is 17.3 Å². The molecular formula is C26H28F2N4O4. The van der Waals surface area contributed by atoms with E-state index in [0.29, 0.717) is 24.4 Å². The Morgan fingerprint density at radius 2 is 1.97 bits per heavy atom. The number of carboxylic acid groups (broad SMARTS) is 1. The lowest BCUT2D eigenvalue weighted by Gasteiger charge is -2.24. The molecule has 1 aromatic heterocycles. The Morgan fingerprint density at radius 1 is 1.19 bits per heavy atom. The van der Waals surface area contributed by atoms with Crippen molar-refractivity contribution in [2.45, 2.75) is 12.8 Å². The number of rotatable bonds is 9. The maximum absolute atomic E-state index is 13.6. The molecule has 8 nitrogen and oxygen atoms in total. The first-order chi connectivity index (χ1) is 17.3. The van der Waals surface area contributed by atoms with Gasteiger partial charge in [-0.05, 0) is 48.7 Å². The van der Waals surface area contributed by atoms with Crippen molar-refractivity contribution in [3.63, 3.8) is 0 Å². The normalized spacial score (nSPS) is 15.8. The molecule has 1 saturated heterocycles. The lowest BCUT2D eigenvalue weighted by atomic mass is 10.1. The first-order valence-corrected chi connectivity index (χ1v) is 11.7. The van der Waals surface area contributed by atoms with Crippen molar-refractivity contribution in [3.8, 4) is 5.69 Å². The molecule has 4 rings (SSSR count). The second kappa shape index (κ2) is 11.4. The minimum absolute atomic E-state index is 0.132. The first kappa shape index (κ1) is 25.5. The van der Waals surface area contributed by atoms with E-state index in [2.05, 4.69) is 10.00 Å². The molecule has 1 amide bonds. The first-order valence-electron chi connectivity index (χ1n) is 11.7. The highest BCUT2D eigenvalue weighted by Gasteiger charge is 2.27.